The van der Waals surface area contributed by atoms with Crippen molar-refractivity contribution in [2.24, 2.45) is 5.92 Å². The Labute approximate surface area is 154 Å². The van der Waals surface area contributed by atoms with Crippen molar-refractivity contribution in [3.05, 3.63) is 53.6 Å². The molecular formula is C21H25NO4. The molecule has 0 spiro atoms. The molecule has 5 heteroatoms. The second-order valence-electron chi connectivity index (χ2n) is 6.36. The molecule has 5 nitrogen and oxygen atoms in total. The first kappa shape index (κ1) is 18.1. The van der Waals surface area contributed by atoms with E-state index in [1.54, 1.807) is 32.4 Å². The number of amides is 1. The van der Waals surface area contributed by atoms with Crippen molar-refractivity contribution < 1.29 is 19.0 Å². The summed E-state index contributed by atoms with van der Waals surface area (Å²) in [6, 6.07) is 13.1. The summed E-state index contributed by atoms with van der Waals surface area (Å²) in [5.74, 6) is 2.39. The number of carbonyl (C=O) groups excluding carboxylic acids is 1. The van der Waals surface area contributed by atoms with Crippen molar-refractivity contribution in [1.82, 2.24) is 5.32 Å². The van der Waals surface area contributed by atoms with E-state index in [2.05, 4.69) is 5.32 Å². The van der Waals surface area contributed by atoms with Crippen LogP contribution in [0.2, 0.25) is 0 Å². The molecule has 0 heterocycles. The van der Waals surface area contributed by atoms with Crippen molar-refractivity contribution in [2.45, 2.75) is 25.8 Å². The van der Waals surface area contributed by atoms with E-state index in [1.165, 1.54) is 0 Å². The predicted octanol–water partition coefficient (Wildman–Crippen LogP) is 3.98. The lowest BCUT2D eigenvalue weighted by atomic mass is 10.0. The molecule has 1 unspecified atom stereocenters. The Hall–Kier alpha value is -2.69. The number of hydrogen-bond donors (Lipinski definition) is 1. The molecule has 3 rings (SSSR count). The topological polar surface area (TPSA) is 56.8 Å². The van der Waals surface area contributed by atoms with Gasteiger partial charge in [0, 0.05) is 5.56 Å². The second-order valence-corrected chi connectivity index (χ2v) is 6.36. The molecular weight excluding hydrogens is 330 g/mol. The summed E-state index contributed by atoms with van der Waals surface area (Å²) in [6.45, 7) is 2.41. The summed E-state index contributed by atoms with van der Waals surface area (Å²) >= 11 is 0. The van der Waals surface area contributed by atoms with Gasteiger partial charge in [0.1, 0.15) is 5.75 Å². The van der Waals surface area contributed by atoms with Crippen molar-refractivity contribution in [3.8, 4) is 17.2 Å². The number of methoxy groups -OCH3 is 2. The fourth-order valence-electron chi connectivity index (χ4n) is 3.02. The maximum Gasteiger partial charge on any atom is 0.251 e. The molecule has 26 heavy (non-hydrogen) atoms. The van der Waals surface area contributed by atoms with E-state index >= 15 is 0 Å². The van der Waals surface area contributed by atoms with Crippen LogP contribution < -0.4 is 19.5 Å². The summed E-state index contributed by atoms with van der Waals surface area (Å²) in [7, 11) is 3.24. The van der Waals surface area contributed by atoms with E-state index in [1.807, 2.05) is 31.2 Å². The average Bonchev–Trinajstić information content (AvgIpc) is 3.51. The van der Waals surface area contributed by atoms with E-state index in [0.29, 0.717) is 29.6 Å². The highest BCUT2D eigenvalue weighted by Gasteiger charge is 2.33. The van der Waals surface area contributed by atoms with Crippen LogP contribution in [-0.4, -0.2) is 26.7 Å². The minimum absolute atomic E-state index is 0.00560. The predicted molar refractivity (Wildman–Crippen MR) is 100 cm³/mol. The summed E-state index contributed by atoms with van der Waals surface area (Å²) in [6.07, 6.45) is 2.26. The highest BCUT2D eigenvalue weighted by Crippen LogP contribution is 2.41. The number of rotatable bonds is 8. The van der Waals surface area contributed by atoms with Crippen LogP contribution in [0.3, 0.4) is 0 Å². The monoisotopic (exact) mass is 355 g/mol. The summed E-state index contributed by atoms with van der Waals surface area (Å²) in [4.78, 5) is 12.8. The van der Waals surface area contributed by atoms with Gasteiger partial charge in [-0.05, 0) is 61.6 Å². The second kappa shape index (κ2) is 8.13. The smallest absolute Gasteiger partial charge is 0.251 e. The van der Waals surface area contributed by atoms with E-state index in [9.17, 15) is 4.79 Å². The van der Waals surface area contributed by atoms with Crippen molar-refractivity contribution >= 4 is 5.91 Å². The van der Waals surface area contributed by atoms with Crippen LogP contribution in [0.1, 0.15) is 41.7 Å². The lowest BCUT2D eigenvalue weighted by Crippen LogP contribution is -2.29. The molecule has 0 aromatic heterocycles. The molecule has 138 valence electrons. The van der Waals surface area contributed by atoms with Gasteiger partial charge < -0.3 is 19.5 Å². The molecule has 0 bridgehead atoms. The fraction of sp³-hybridized carbons (Fsp3) is 0.381. The fourth-order valence-corrected chi connectivity index (χ4v) is 3.02. The largest absolute Gasteiger partial charge is 0.497 e. The zero-order valence-electron chi connectivity index (χ0n) is 15.5. The molecule has 1 atom stereocenters. The Morgan fingerprint density at radius 1 is 1.08 bits per heavy atom. The zero-order chi connectivity index (χ0) is 18.5. The first-order valence-corrected chi connectivity index (χ1v) is 8.92. The van der Waals surface area contributed by atoms with Crippen LogP contribution in [0.25, 0.3) is 0 Å². The van der Waals surface area contributed by atoms with Crippen LogP contribution in [0.15, 0.2) is 42.5 Å². The van der Waals surface area contributed by atoms with E-state index in [-0.39, 0.29) is 11.9 Å². The van der Waals surface area contributed by atoms with Gasteiger partial charge in [0.15, 0.2) is 11.5 Å². The molecule has 1 saturated carbocycles. The van der Waals surface area contributed by atoms with Crippen LogP contribution in [-0.2, 0) is 0 Å². The molecule has 0 saturated heterocycles. The highest BCUT2D eigenvalue weighted by molar-refractivity contribution is 5.95. The Kier molecular flexibility index (Phi) is 5.66. The normalized spacial score (nSPS) is 14.4. The van der Waals surface area contributed by atoms with Crippen molar-refractivity contribution in [2.75, 3.05) is 20.8 Å². The Bertz CT molecular complexity index is 753. The molecule has 1 N–H and O–H groups in total. The van der Waals surface area contributed by atoms with Gasteiger partial charge in [0.05, 0.1) is 26.9 Å². The molecule has 2 aromatic rings. The van der Waals surface area contributed by atoms with Gasteiger partial charge in [-0.1, -0.05) is 12.1 Å². The minimum Gasteiger partial charge on any atom is -0.497 e. The Morgan fingerprint density at radius 3 is 2.38 bits per heavy atom. The van der Waals surface area contributed by atoms with E-state index < -0.39 is 0 Å². The first-order chi connectivity index (χ1) is 12.7. The average molecular weight is 355 g/mol. The minimum atomic E-state index is -0.110. The molecule has 2 aromatic carbocycles. The molecule has 1 amide bonds. The van der Waals surface area contributed by atoms with Crippen LogP contribution in [0.4, 0.5) is 0 Å². The number of nitrogens with one attached hydrogen (secondary N) is 1. The van der Waals surface area contributed by atoms with Gasteiger partial charge in [0.25, 0.3) is 5.91 Å². The third kappa shape index (κ3) is 4.10. The van der Waals surface area contributed by atoms with E-state index in [0.717, 1.165) is 24.2 Å². The summed E-state index contributed by atoms with van der Waals surface area (Å²) < 4.78 is 16.1. The maximum atomic E-state index is 12.8. The van der Waals surface area contributed by atoms with Crippen molar-refractivity contribution in [3.63, 3.8) is 0 Å². The molecule has 1 fully saturated rings. The number of carbonyl (C=O) groups is 1. The molecule has 1 aliphatic carbocycles. The molecule has 0 radical (unpaired) electrons. The quantitative estimate of drug-likeness (QED) is 0.778. The van der Waals surface area contributed by atoms with Gasteiger partial charge >= 0.3 is 0 Å². The van der Waals surface area contributed by atoms with Gasteiger partial charge in [-0.3, -0.25) is 4.79 Å². The van der Waals surface area contributed by atoms with Gasteiger partial charge in [-0.25, -0.2) is 0 Å². The lowest BCUT2D eigenvalue weighted by Gasteiger charge is -2.20. The Balaban J connectivity index is 1.78. The molecule has 0 aliphatic heterocycles. The SMILES string of the molecule is CCOc1cc(C(=O)NC(c2ccc(OC)cc2)C2CC2)ccc1OC. The number of hydrogen-bond acceptors (Lipinski definition) is 4. The number of ether oxygens (including phenoxy) is 3. The lowest BCUT2D eigenvalue weighted by molar-refractivity contribution is 0.0931. The molecule has 1 aliphatic rings. The summed E-state index contributed by atoms with van der Waals surface area (Å²) in [5, 5.41) is 3.18. The third-order valence-electron chi connectivity index (χ3n) is 4.58. The third-order valence-corrected chi connectivity index (χ3v) is 4.58. The zero-order valence-corrected chi connectivity index (χ0v) is 15.5. The van der Waals surface area contributed by atoms with Crippen LogP contribution >= 0.6 is 0 Å². The Morgan fingerprint density at radius 2 is 1.81 bits per heavy atom. The van der Waals surface area contributed by atoms with Gasteiger partial charge in [-0.15, -0.1) is 0 Å². The first-order valence-electron chi connectivity index (χ1n) is 8.92. The van der Waals surface area contributed by atoms with E-state index in [4.69, 9.17) is 14.2 Å². The van der Waals surface area contributed by atoms with Gasteiger partial charge in [0.2, 0.25) is 0 Å². The maximum absolute atomic E-state index is 12.8. The number of benzene rings is 2. The van der Waals surface area contributed by atoms with Crippen LogP contribution in [0, 0.1) is 5.92 Å². The van der Waals surface area contributed by atoms with Gasteiger partial charge in [-0.2, -0.15) is 0 Å². The standard InChI is InChI=1S/C21H25NO4/c1-4-26-19-13-16(9-12-18(19)25-3)21(23)22-20(14-5-6-14)15-7-10-17(24-2)11-8-15/h7-14,20H,4-6H2,1-3H3,(H,22,23). The van der Waals surface area contributed by atoms with Crippen molar-refractivity contribution in [1.29, 1.82) is 0 Å². The van der Waals surface area contributed by atoms with Crippen LogP contribution in [0.5, 0.6) is 17.2 Å². The highest BCUT2D eigenvalue weighted by atomic mass is 16.5. The summed E-state index contributed by atoms with van der Waals surface area (Å²) in [5.41, 5.74) is 1.66.